The van der Waals surface area contributed by atoms with Crippen LogP contribution in [0.5, 0.6) is 11.5 Å². The Morgan fingerprint density at radius 1 is 0.729 bits per heavy atom. The average molecular weight is 1370 g/mol. The zero-order valence-corrected chi connectivity index (χ0v) is 55.2. The zero-order chi connectivity index (χ0) is 68.5. The molecule has 1 aromatic carbocycles. The van der Waals surface area contributed by atoms with E-state index in [4.69, 9.17) is 67.6 Å². The summed E-state index contributed by atoms with van der Waals surface area (Å²) in [5, 5.41) is 30.8. The largest absolute Gasteiger partial charge is 0.458 e. The minimum atomic E-state index is -3.49. The van der Waals surface area contributed by atoms with Gasteiger partial charge in [0.05, 0.1) is 161 Å². The first kappa shape index (κ1) is 74.1. The number of hydrogen-bond donors (Lipinski definition) is 6. The number of unbranched alkanes of at least 4 members (excludes halogenated alkanes) is 1. The Morgan fingerprint density at radius 3 is 1.89 bits per heavy atom. The Bertz CT molecular complexity index is 3600. The Morgan fingerprint density at radius 2 is 1.31 bits per heavy atom. The predicted molar refractivity (Wildman–Crippen MR) is 339 cm³/mol. The van der Waals surface area contributed by atoms with Gasteiger partial charge in [0.2, 0.25) is 45.4 Å². The first-order chi connectivity index (χ1) is 46.4. The molecular formula is C62H86N12O21S. The fraction of sp³-hybridized carbons (Fsp3) is 0.597. The predicted octanol–water partition coefficient (Wildman–Crippen LogP) is -0.403. The Kier molecular flexibility index (Phi) is 28.6. The van der Waals surface area contributed by atoms with Crippen molar-refractivity contribution in [3.63, 3.8) is 0 Å². The molecule has 0 fully saturated rings. The third kappa shape index (κ3) is 20.9. The first-order valence-electron chi connectivity index (χ1n) is 31.8. The fourth-order valence-corrected chi connectivity index (χ4v) is 10.8. The van der Waals surface area contributed by atoms with E-state index >= 15 is 0 Å². The molecule has 4 amide bonds. The number of esters is 1. The molecule has 3 aliphatic heterocycles. The highest BCUT2D eigenvalue weighted by Crippen LogP contribution is 2.43. The maximum Gasteiger partial charge on any atom is 0.343 e. The number of aliphatic hydroxyl groups is 1. The molecule has 0 radical (unpaired) electrons. The molecule has 3 aliphatic rings. The van der Waals surface area contributed by atoms with Gasteiger partial charge < -0.3 is 93.5 Å². The van der Waals surface area contributed by atoms with Gasteiger partial charge in [-0.15, -0.1) is 5.10 Å². The second-order valence-electron chi connectivity index (χ2n) is 22.7. The summed E-state index contributed by atoms with van der Waals surface area (Å²) in [5.74, 6) is -2.68. The zero-order valence-electron chi connectivity index (χ0n) is 54.4. The summed E-state index contributed by atoms with van der Waals surface area (Å²) in [6, 6.07) is 2.94. The summed E-state index contributed by atoms with van der Waals surface area (Å²) < 4.78 is 92.6. The molecule has 0 spiro atoms. The average Bonchev–Trinajstić information content (AvgIpc) is 1.52. The first-order valence-corrected chi connectivity index (χ1v) is 33.7. The van der Waals surface area contributed by atoms with Gasteiger partial charge in [-0.2, -0.15) is 0 Å². The number of aromatic nitrogens is 7. The number of nitrogens with one attached hydrogen (secondary N) is 4. The molecule has 7 N–H and O–H groups in total. The number of cyclic esters (lactones) is 1. The summed E-state index contributed by atoms with van der Waals surface area (Å²) in [4.78, 5) is 93.5. The van der Waals surface area contributed by atoms with E-state index in [0.29, 0.717) is 175 Å². The van der Waals surface area contributed by atoms with Crippen LogP contribution in [0.4, 0.5) is 0 Å². The number of hydrogen-bond acceptors (Lipinski definition) is 27. The minimum absolute atomic E-state index is 0.00686. The molecule has 4 aromatic heterocycles. The van der Waals surface area contributed by atoms with Gasteiger partial charge in [-0.3, -0.25) is 24.0 Å². The van der Waals surface area contributed by atoms with E-state index in [1.165, 1.54) is 17.0 Å². The lowest BCUT2D eigenvalue weighted by Gasteiger charge is -2.31. The molecule has 34 heteroatoms. The number of rotatable bonds is 45. The molecule has 0 bridgehead atoms. The molecule has 8 rings (SSSR count). The van der Waals surface area contributed by atoms with Gasteiger partial charge >= 0.3 is 5.97 Å². The molecule has 3 atom stereocenters. The van der Waals surface area contributed by atoms with E-state index in [0.717, 1.165) is 6.26 Å². The van der Waals surface area contributed by atoms with E-state index in [2.05, 4.69) is 41.5 Å². The lowest BCUT2D eigenvalue weighted by atomic mass is 9.86. The van der Waals surface area contributed by atoms with Gasteiger partial charge in [-0.1, -0.05) is 26.0 Å². The normalized spacial score (nSPS) is 15.3. The van der Waals surface area contributed by atoms with Crippen LogP contribution in [0.3, 0.4) is 0 Å². The number of carbonyl (C=O) groups excluding carboxylic acids is 5. The topological polar surface area (TPSA) is 416 Å². The van der Waals surface area contributed by atoms with E-state index in [1.807, 2.05) is 0 Å². The van der Waals surface area contributed by atoms with E-state index in [1.54, 1.807) is 49.8 Å². The molecular weight excluding hydrogens is 1280 g/mol. The number of nitrogens with two attached hydrogens (primary N) is 1. The summed E-state index contributed by atoms with van der Waals surface area (Å²) in [7, 11) is -3.49. The summed E-state index contributed by atoms with van der Waals surface area (Å²) in [6.07, 6.45) is 6.73. The molecule has 5 aromatic rings. The maximum absolute atomic E-state index is 14.0. The fourth-order valence-electron chi connectivity index (χ4n) is 10.3. The number of carbonyl (C=O) groups is 5. The molecule has 526 valence electrons. The van der Waals surface area contributed by atoms with Crippen LogP contribution < -0.4 is 42.0 Å². The number of fused-ring (bicyclic) bond motifs is 6. The Hall–Kier alpha value is -7.74. The van der Waals surface area contributed by atoms with Gasteiger partial charge in [-0.25, -0.2) is 32.8 Å². The minimum Gasteiger partial charge on any atom is -0.458 e. The third-order valence-electron chi connectivity index (χ3n) is 15.5. The van der Waals surface area contributed by atoms with Crippen LogP contribution in [0.15, 0.2) is 46.7 Å². The monoisotopic (exact) mass is 1370 g/mol. The summed E-state index contributed by atoms with van der Waals surface area (Å²) in [5.41, 5.74) is 7.11. The third-order valence-corrected chi connectivity index (χ3v) is 16.4. The van der Waals surface area contributed by atoms with Crippen LogP contribution in [0, 0.1) is 5.92 Å². The van der Waals surface area contributed by atoms with Crippen molar-refractivity contribution < 1.29 is 94.3 Å². The van der Waals surface area contributed by atoms with Crippen LogP contribution in [0.1, 0.15) is 68.7 Å². The quantitative estimate of drug-likeness (QED) is 0.0161. The summed E-state index contributed by atoms with van der Waals surface area (Å²) >= 11 is 0. The number of benzene rings is 1. The van der Waals surface area contributed by atoms with Crippen molar-refractivity contribution in [2.45, 2.75) is 95.5 Å². The van der Waals surface area contributed by atoms with Gasteiger partial charge in [0.1, 0.15) is 31.0 Å². The van der Waals surface area contributed by atoms with Crippen LogP contribution in [0.2, 0.25) is 0 Å². The van der Waals surface area contributed by atoms with Crippen molar-refractivity contribution in [3.8, 4) is 34.1 Å². The van der Waals surface area contributed by atoms with Crippen molar-refractivity contribution in [1.29, 1.82) is 0 Å². The molecule has 0 unspecified atom stereocenters. The Balaban J connectivity index is 0.628. The van der Waals surface area contributed by atoms with Gasteiger partial charge in [0.25, 0.3) is 5.56 Å². The van der Waals surface area contributed by atoms with Crippen LogP contribution in [-0.4, -0.2) is 235 Å². The van der Waals surface area contributed by atoms with Gasteiger partial charge in [0.15, 0.2) is 17.1 Å². The van der Waals surface area contributed by atoms with Crippen LogP contribution in [-0.2, 0) is 113 Å². The van der Waals surface area contributed by atoms with E-state index < -0.39 is 69.2 Å². The van der Waals surface area contributed by atoms with Crippen LogP contribution in [0.25, 0.3) is 33.5 Å². The summed E-state index contributed by atoms with van der Waals surface area (Å²) in [6.45, 7) is 10.9. The molecule has 0 saturated heterocycles. The van der Waals surface area contributed by atoms with Crippen molar-refractivity contribution in [1.82, 2.24) is 55.8 Å². The Labute approximate surface area is 554 Å². The van der Waals surface area contributed by atoms with Crippen molar-refractivity contribution in [2.24, 2.45) is 11.7 Å². The molecule has 7 heterocycles. The second kappa shape index (κ2) is 37.1. The van der Waals surface area contributed by atoms with Crippen molar-refractivity contribution in [3.05, 3.63) is 69.4 Å². The number of nitrogens with zero attached hydrogens (tertiary/aromatic N) is 7. The standard InChI is InChI=1S/C62H86N12O21S/c1-5-62(81)46-29-50-56-44(35-74(50)59(79)45(46)37-93-60(62)80)43(42-28-51-52(95-39-94-51)30-48(42)68-56)33-64-53(75)34-65-57(77)47(8-6-7-9-63)69-58(78)55(40(2)3)70-54(76)38-92-27-26-91-25-24-90-23-22-89-21-20-88-19-18-87-17-16-86-15-14-85-13-12-84-11-10-73-36-49(71-72-73)41-31-66-61(67-32-41)96(4,82)83/h28-32,36,40,47,55,81H,5-27,33-35,37-39,63H2,1-4H3,(H,64,75)(H,65,77)(H,69,78)(H,70,76)/t47-,55-,62-/m0/s1. The highest BCUT2D eigenvalue weighted by molar-refractivity contribution is 7.90. The molecule has 96 heavy (non-hydrogen) atoms. The SMILES string of the molecule is CC[C@@]1(O)C(=O)OCc2c1cc1n(c2=O)Cc2c-1nc1cc3c(cc1c2CNC(=O)CNC(=O)[C@H](CCCCN)NC(=O)[C@@H](NC(=O)COCCOCCOCCOCCOCCOCCOCCOCCOCCn1cc(-c2cnc(S(C)(=O)=O)nc2)nn1)C(C)C)OCO3. The molecule has 0 aliphatic carbocycles. The smallest absolute Gasteiger partial charge is 0.343 e. The van der Waals surface area contributed by atoms with E-state index in [9.17, 15) is 42.3 Å². The number of amides is 4. The lowest BCUT2D eigenvalue weighted by molar-refractivity contribution is -0.172. The number of pyridine rings is 2. The lowest BCUT2D eigenvalue weighted by Crippen LogP contribution is -2.56. The van der Waals surface area contributed by atoms with Crippen molar-refractivity contribution in [2.75, 3.05) is 145 Å². The molecule has 0 saturated carbocycles. The van der Waals surface area contributed by atoms with Crippen molar-refractivity contribution >= 4 is 50.3 Å². The highest BCUT2D eigenvalue weighted by Gasteiger charge is 2.46. The number of ether oxygens (including phenoxy) is 12. The number of sulfone groups is 1. The van der Waals surface area contributed by atoms with Gasteiger partial charge in [0, 0.05) is 53.3 Å². The molecule has 33 nitrogen and oxygen atoms in total. The highest BCUT2D eigenvalue weighted by atomic mass is 32.2. The van der Waals surface area contributed by atoms with Crippen LogP contribution >= 0.6 is 0 Å². The van der Waals surface area contributed by atoms with Gasteiger partial charge in [-0.05, 0) is 55.8 Å². The maximum atomic E-state index is 14.0. The second-order valence-corrected chi connectivity index (χ2v) is 24.6. The van der Waals surface area contributed by atoms with E-state index in [-0.39, 0.29) is 88.0 Å².